The maximum absolute atomic E-state index is 10.5. The summed E-state index contributed by atoms with van der Waals surface area (Å²) in [6.07, 6.45) is 1.17. The zero-order valence-electron chi connectivity index (χ0n) is 9.03. The van der Waals surface area contributed by atoms with Crippen LogP contribution in [0.2, 0.25) is 0 Å². The van der Waals surface area contributed by atoms with Crippen molar-refractivity contribution < 1.29 is 15.0 Å². The Kier molecular flexibility index (Phi) is 3.14. The average molecular weight is 206 g/mol. The molecule has 15 heavy (non-hydrogen) atoms. The van der Waals surface area contributed by atoms with E-state index >= 15 is 0 Å². The number of carboxylic acids is 1. The van der Waals surface area contributed by atoms with Gasteiger partial charge in [-0.25, -0.2) is 4.79 Å². The third-order valence-electron chi connectivity index (χ3n) is 2.25. The van der Waals surface area contributed by atoms with Crippen molar-refractivity contribution >= 4 is 11.5 Å². The molecule has 0 heterocycles. The molecule has 0 amide bonds. The Labute approximate surface area is 88.7 Å². The minimum absolute atomic E-state index is 0.205. The Morgan fingerprint density at radius 1 is 1.27 bits per heavy atom. The summed E-state index contributed by atoms with van der Waals surface area (Å²) in [4.78, 5) is 10.5. The number of carboxylic acid groups (broad SMARTS) is 1. The predicted octanol–water partition coefficient (Wildman–Crippen LogP) is 2.50. The van der Waals surface area contributed by atoms with Gasteiger partial charge in [0.15, 0.2) is 0 Å². The van der Waals surface area contributed by atoms with Crippen molar-refractivity contribution in [2.24, 2.45) is 0 Å². The van der Waals surface area contributed by atoms with E-state index in [-0.39, 0.29) is 5.75 Å². The van der Waals surface area contributed by atoms with Crippen LogP contribution in [0.5, 0.6) is 5.75 Å². The van der Waals surface area contributed by atoms with Crippen LogP contribution in [-0.4, -0.2) is 16.2 Å². The maximum Gasteiger partial charge on any atom is 0.328 e. The van der Waals surface area contributed by atoms with E-state index in [0.29, 0.717) is 5.57 Å². The fourth-order valence-electron chi connectivity index (χ4n) is 1.82. The summed E-state index contributed by atoms with van der Waals surface area (Å²) in [5, 5.41) is 18.0. The second-order valence-electron chi connectivity index (χ2n) is 3.62. The Morgan fingerprint density at radius 2 is 1.73 bits per heavy atom. The number of aromatic hydroxyl groups is 1. The Balaban J connectivity index is 3.32. The summed E-state index contributed by atoms with van der Waals surface area (Å²) in [7, 11) is 0. The van der Waals surface area contributed by atoms with E-state index in [1.165, 1.54) is 6.08 Å². The molecular weight excluding hydrogens is 192 g/mol. The van der Waals surface area contributed by atoms with Gasteiger partial charge in [-0.1, -0.05) is 0 Å². The Morgan fingerprint density at radius 3 is 2.13 bits per heavy atom. The van der Waals surface area contributed by atoms with Crippen LogP contribution < -0.4 is 0 Å². The lowest BCUT2D eigenvalue weighted by Gasteiger charge is -2.10. The summed E-state index contributed by atoms with van der Waals surface area (Å²) in [6.45, 7) is 5.45. The van der Waals surface area contributed by atoms with Crippen molar-refractivity contribution in [3.63, 3.8) is 0 Å². The third-order valence-corrected chi connectivity index (χ3v) is 2.25. The molecule has 0 atom stereocenters. The van der Waals surface area contributed by atoms with Crippen LogP contribution in [0.3, 0.4) is 0 Å². The number of benzene rings is 1. The number of allylic oxidation sites excluding steroid dienone is 1. The van der Waals surface area contributed by atoms with Crippen molar-refractivity contribution in [3.05, 3.63) is 34.9 Å². The molecule has 1 rings (SSSR count). The van der Waals surface area contributed by atoms with E-state index < -0.39 is 5.97 Å². The molecule has 0 unspecified atom stereocenters. The molecule has 3 nitrogen and oxygen atoms in total. The van der Waals surface area contributed by atoms with Gasteiger partial charge in [0.2, 0.25) is 0 Å². The average Bonchev–Trinajstić information content (AvgIpc) is 1.99. The lowest BCUT2D eigenvalue weighted by atomic mass is 9.96. The maximum atomic E-state index is 10.5. The Bertz CT molecular complexity index is 407. The SMILES string of the molecule is C/C(=C\C(=O)O)c1c(C)cc(O)cc1C. The molecule has 0 radical (unpaired) electrons. The molecule has 0 saturated carbocycles. The van der Waals surface area contributed by atoms with Crippen LogP contribution in [0.1, 0.15) is 23.6 Å². The van der Waals surface area contributed by atoms with Gasteiger partial charge in [0, 0.05) is 6.08 Å². The number of aliphatic carboxylic acids is 1. The van der Waals surface area contributed by atoms with E-state index in [9.17, 15) is 9.90 Å². The predicted molar refractivity (Wildman–Crippen MR) is 58.9 cm³/mol. The fourth-order valence-corrected chi connectivity index (χ4v) is 1.82. The molecule has 80 valence electrons. The third kappa shape index (κ3) is 2.59. The second-order valence-corrected chi connectivity index (χ2v) is 3.62. The minimum atomic E-state index is -0.959. The molecule has 1 aromatic rings. The van der Waals surface area contributed by atoms with Gasteiger partial charge in [-0.15, -0.1) is 0 Å². The monoisotopic (exact) mass is 206 g/mol. The summed E-state index contributed by atoms with van der Waals surface area (Å²) < 4.78 is 0. The normalized spacial score (nSPS) is 11.5. The molecule has 0 bridgehead atoms. The number of phenols is 1. The highest BCUT2D eigenvalue weighted by atomic mass is 16.4. The molecule has 1 aromatic carbocycles. The van der Waals surface area contributed by atoms with Gasteiger partial charge >= 0.3 is 5.97 Å². The zero-order valence-corrected chi connectivity index (χ0v) is 9.03. The number of phenolic OH excluding ortho intramolecular Hbond substituents is 1. The van der Waals surface area contributed by atoms with E-state index in [2.05, 4.69) is 0 Å². The summed E-state index contributed by atoms with van der Waals surface area (Å²) in [5.41, 5.74) is 3.33. The van der Waals surface area contributed by atoms with E-state index in [1.807, 2.05) is 13.8 Å². The van der Waals surface area contributed by atoms with Gasteiger partial charge in [0.1, 0.15) is 5.75 Å². The molecule has 0 fully saturated rings. The standard InChI is InChI=1S/C12H14O3/c1-7-4-10(13)5-8(2)12(7)9(3)6-11(14)15/h4-6,13H,1-3H3,(H,14,15)/b9-6+. The van der Waals surface area contributed by atoms with Gasteiger partial charge in [-0.2, -0.15) is 0 Å². The molecule has 0 spiro atoms. The van der Waals surface area contributed by atoms with Crippen molar-refractivity contribution in [3.8, 4) is 5.75 Å². The first kappa shape index (κ1) is 11.3. The summed E-state index contributed by atoms with van der Waals surface area (Å²) in [6, 6.07) is 3.25. The van der Waals surface area contributed by atoms with Gasteiger partial charge in [-0.05, 0) is 55.2 Å². The van der Waals surface area contributed by atoms with E-state index in [4.69, 9.17) is 5.11 Å². The molecule has 2 N–H and O–H groups in total. The van der Waals surface area contributed by atoms with Crippen molar-refractivity contribution in [2.45, 2.75) is 20.8 Å². The highest BCUT2D eigenvalue weighted by molar-refractivity contribution is 5.90. The highest BCUT2D eigenvalue weighted by Gasteiger charge is 2.07. The largest absolute Gasteiger partial charge is 0.508 e. The second kappa shape index (κ2) is 4.17. The van der Waals surface area contributed by atoms with Crippen molar-refractivity contribution in [2.75, 3.05) is 0 Å². The zero-order chi connectivity index (χ0) is 11.6. The topological polar surface area (TPSA) is 57.5 Å². The number of carbonyl (C=O) groups is 1. The quantitative estimate of drug-likeness (QED) is 0.731. The fraction of sp³-hybridized carbons (Fsp3) is 0.250. The number of hydrogen-bond acceptors (Lipinski definition) is 2. The first-order chi connectivity index (χ1) is 6.91. The van der Waals surface area contributed by atoms with Gasteiger partial charge < -0.3 is 10.2 Å². The highest BCUT2D eigenvalue weighted by Crippen LogP contribution is 2.26. The van der Waals surface area contributed by atoms with Crippen LogP contribution in [0.25, 0.3) is 5.57 Å². The van der Waals surface area contributed by atoms with Gasteiger partial charge in [0.25, 0.3) is 0 Å². The van der Waals surface area contributed by atoms with E-state index in [1.54, 1.807) is 19.1 Å². The molecular formula is C12H14O3. The smallest absolute Gasteiger partial charge is 0.328 e. The number of aryl methyl sites for hydroxylation is 2. The van der Waals surface area contributed by atoms with E-state index in [0.717, 1.165) is 16.7 Å². The lowest BCUT2D eigenvalue weighted by molar-refractivity contribution is -0.131. The van der Waals surface area contributed by atoms with Crippen LogP contribution in [0.15, 0.2) is 18.2 Å². The van der Waals surface area contributed by atoms with Gasteiger partial charge in [0.05, 0.1) is 0 Å². The minimum Gasteiger partial charge on any atom is -0.508 e. The molecule has 3 heteroatoms. The summed E-state index contributed by atoms with van der Waals surface area (Å²) >= 11 is 0. The van der Waals surface area contributed by atoms with Gasteiger partial charge in [-0.3, -0.25) is 0 Å². The summed E-state index contributed by atoms with van der Waals surface area (Å²) in [5.74, 6) is -0.753. The van der Waals surface area contributed by atoms with Crippen molar-refractivity contribution in [1.82, 2.24) is 0 Å². The molecule has 0 aliphatic heterocycles. The first-order valence-electron chi connectivity index (χ1n) is 4.63. The van der Waals surface area contributed by atoms with Crippen LogP contribution in [-0.2, 0) is 4.79 Å². The molecule has 0 aromatic heterocycles. The molecule has 0 aliphatic rings. The van der Waals surface area contributed by atoms with Crippen LogP contribution in [0, 0.1) is 13.8 Å². The molecule has 0 aliphatic carbocycles. The van der Waals surface area contributed by atoms with Crippen molar-refractivity contribution in [1.29, 1.82) is 0 Å². The number of rotatable bonds is 2. The Hall–Kier alpha value is -1.77. The first-order valence-corrected chi connectivity index (χ1v) is 4.63. The number of hydrogen-bond donors (Lipinski definition) is 2. The molecule has 0 saturated heterocycles. The van der Waals surface area contributed by atoms with Crippen LogP contribution in [0.4, 0.5) is 0 Å². The lowest BCUT2D eigenvalue weighted by Crippen LogP contribution is -1.95. The van der Waals surface area contributed by atoms with Crippen LogP contribution >= 0.6 is 0 Å².